The van der Waals surface area contributed by atoms with Gasteiger partial charge in [0.15, 0.2) is 6.10 Å². The second-order valence-corrected chi connectivity index (χ2v) is 9.81. The number of aryl methyl sites for hydroxylation is 1. The van der Waals surface area contributed by atoms with E-state index in [-0.39, 0.29) is 0 Å². The van der Waals surface area contributed by atoms with E-state index in [0.717, 1.165) is 38.9 Å². The molecule has 1 atom stereocenters. The standard InChI is InChI=1S/C29H28ClNO4/c1-17-24(27(28(32)33)35-29(2,3)4)25(18-12-14-20(30)15-13-18)23-11-7-10-22(26(23)31-17)19-8-6-9-21(16-19)34-5/h6-16,27H,1-5H3,(H,32,33). The predicted octanol–water partition coefficient (Wildman–Crippen LogP) is 7.48. The summed E-state index contributed by atoms with van der Waals surface area (Å²) < 4.78 is 11.5. The fourth-order valence-corrected chi connectivity index (χ4v) is 4.40. The number of carbonyl (C=O) groups is 1. The van der Waals surface area contributed by atoms with Gasteiger partial charge in [-0.2, -0.15) is 0 Å². The second kappa shape index (κ2) is 9.68. The van der Waals surface area contributed by atoms with Crippen molar-refractivity contribution in [2.45, 2.75) is 39.4 Å². The van der Waals surface area contributed by atoms with Crippen molar-refractivity contribution in [3.05, 3.63) is 83.0 Å². The Labute approximate surface area is 210 Å². The van der Waals surface area contributed by atoms with E-state index in [0.29, 0.717) is 16.3 Å². The molecule has 1 N–H and O–H groups in total. The quantitative estimate of drug-likeness (QED) is 0.304. The molecule has 35 heavy (non-hydrogen) atoms. The molecule has 0 spiro atoms. The average molecular weight is 490 g/mol. The third-order valence-corrected chi connectivity index (χ3v) is 5.97. The lowest BCUT2D eigenvalue weighted by Crippen LogP contribution is -2.28. The number of benzene rings is 3. The first-order chi connectivity index (χ1) is 16.6. The van der Waals surface area contributed by atoms with Crippen LogP contribution in [0.4, 0.5) is 0 Å². The van der Waals surface area contributed by atoms with Crippen LogP contribution in [0.5, 0.6) is 5.75 Å². The van der Waals surface area contributed by atoms with E-state index in [4.69, 9.17) is 26.1 Å². The van der Waals surface area contributed by atoms with Crippen LogP contribution in [0.1, 0.15) is 38.1 Å². The van der Waals surface area contributed by atoms with Gasteiger partial charge in [-0.05, 0) is 68.7 Å². The second-order valence-electron chi connectivity index (χ2n) is 9.37. The minimum Gasteiger partial charge on any atom is -0.497 e. The maximum atomic E-state index is 12.5. The van der Waals surface area contributed by atoms with Gasteiger partial charge in [0.25, 0.3) is 0 Å². The summed E-state index contributed by atoms with van der Waals surface area (Å²) in [5.74, 6) is -0.321. The van der Waals surface area contributed by atoms with Crippen LogP contribution in [-0.2, 0) is 9.53 Å². The predicted molar refractivity (Wildman–Crippen MR) is 140 cm³/mol. The number of hydrogen-bond donors (Lipinski definition) is 1. The zero-order valence-corrected chi connectivity index (χ0v) is 21.2. The third kappa shape index (κ3) is 5.16. The van der Waals surface area contributed by atoms with Crippen molar-refractivity contribution in [3.63, 3.8) is 0 Å². The van der Waals surface area contributed by atoms with Gasteiger partial charge >= 0.3 is 5.97 Å². The number of hydrogen-bond acceptors (Lipinski definition) is 4. The van der Waals surface area contributed by atoms with Gasteiger partial charge in [-0.15, -0.1) is 0 Å². The number of carboxylic acids is 1. The summed E-state index contributed by atoms with van der Waals surface area (Å²) >= 11 is 6.18. The molecule has 0 bridgehead atoms. The molecule has 0 saturated carbocycles. The molecule has 0 aliphatic rings. The highest BCUT2D eigenvalue weighted by molar-refractivity contribution is 6.30. The van der Waals surface area contributed by atoms with Crippen LogP contribution in [0.25, 0.3) is 33.2 Å². The van der Waals surface area contributed by atoms with Gasteiger partial charge in [0.1, 0.15) is 5.75 Å². The number of aromatic nitrogens is 1. The maximum absolute atomic E-state index is 12.5. The summed E-state index contributed by atoms with van der Waals surface area (Å²) in [4.78, 5) is 17.4. The molecule has 4 aromatic rings. The van der Waals surface area contributed by atoms with Crippen LogP contribution < -0.4 is 4.74 Å². The van der Waals surface area contributed by atoms with Crippen molar-refractivity contribution < 1.29 is 19.4 Å². The lowest BCUT2D eigenvalue weighted by Gasteiger charge is -2.28. The van der Waals surface area contributed by atoms with E-state index in [1.807, 2.05) is 82.3 Å². The Morgan fingerprint density at radius 1 is 1.00 bits per heavy atom. The van der Waals surface area contributed by atoms with E-state index in [9.17, 15) is 9.90 Å². The van der Waals surface area contributed by atoms with Crippen molar-refractivity contribution in [1.29, 1.82) is 0 Å². The number of para-hydroxylation sites is 1. The first-order valence-corrected chi connectivity index (χ1v) is 11.7. The number of fused-ring (bicyclic) bond motifs is 1. The first-order valence-electron chi connectivity index (χ1n) is 11.3. The van der Waals surface area contributed by atoms with Gasteiger partial charge in [-0.1, -0.05) is 54.1 Å². The Bertz CT molecular complexity index is 1390. The summed E-state index contributed by atoms with van der Waals surface area (Å²) in [6.07, 6.45) is -1.20. The molecule has 6 heteroatoms. The first kappa shape index (κ1) is 24.7. The zero-order valence-electron chi connectivity index (χ0n) is 20.4. The third-order valence-electron chi connectivity index (χ3n) is 5.72. The van der Waals surface area contributed by atoms with Crippen molar-refractivity contribution in [2.24, 2.45) is 0 Å². The minimum atomic E-state index is -1.20. The minimum absolute atomic E-state index is 0.532. The molecule has 1 unspecified atom stereocenters. The fraction of sp³-hybridized carbons (Fsp3) is 0.241. The van der Waals surface area contributed by atoms with Crippen LogP contribution in [-0.4, -0.2) is 28.8 Å². The van der Waals surface area contributed by atoms with Crippen molar-refractivity contribution >= 4 is 28.5 Å². The molecule has 1 aromatic heterocycles. The van der Waals surface area contributed by atoms with Crippen LogP contribution in [0.2, 0.25) is 5.02 Å². The van der Waals surface area contributed by atoms with Crippen molar-refractivity contribution in [1.82, 2.24) is 4.98 Å². The molecule has 1 heterocycles. The molecule has 5 nitrogen and oxygen atoms in total. The molecule has 3 aromatic carbocycles. The largest absolute Gasteiger partial charge is 0.497 e. The molecule has 0 fully saturated rings. The van der Waals surface area contributed by atoms with E-state index in [2.05, 4.69) is 0 Å². The molecule has 4 rings (SSSR count). The fourth-order valence-electron chi connectivity index (χ4n) is 4.28. The van der Waals surface area contributed by atoms with E-state index in [1.165, 1.54) is 0 Å². The number of ether oxygens (including phenoxy) is 2. The van der Waals surface area contributed by atoms with Crippen molar-refractivity contribution in [2.75, 3.05) is 7.11 Å². The SMILES string of the molecule is COc1cccc(-c2cccc3c(-c4ccc(Cl)cc4)c(C(OC(C)(C)C)C(=O)O)c(C)nc23)c1. The van der Waals surface area contributed by atoms with Gasteiger partial charge < -0.3 is 14.6 Å². The van der Waals surface area contributed by atoms with Gasteiger partial charge in [0.2, 0.25) is 0 Å². The summed E-state index contributed by atoms with van der Waals surface area (Å²) in [5.41, 5.74) is 4.71. The number of aliphatic carboxylic acids is 1. The number of rotatable bonds is 6. The van der Waals surface area contributed by atoms with Crippen LogP contribution in [0.3, 0.4) is 0 Å². The maximum Gasteiger partial charge on any atom is 0.337 e. The normalized spacial score (nSPS) is 12.5. The molecular weight excluding hydrogens is 462 g/mol. The Morgan fingerprint density at radius 2 is 1.69 bits per heavy atom. The number of nitrogens with zero attached hydrogens (tertiary/aromatic N) is 1. The number of methoxy groups -OCH3 is 1. The molecule has 0 aliphatic carbocycles. The Hall–Kier alpha value is -3.41. The number of halogens is 1. The molecule has 0 aliphatic heterocycles. The topological polar surface area (TPSA) is 68.7 Å². The Kier molecular flexibility index (Phi) is 6.84. The highest BCUT2D eigenvalue weighted by Gasteiger charge is 2.32. The molecule has 0 saturated heterocycles. The van der Waals surface area contributed by atoms with E-state index in [1.54, 1.807) is 19.2 Å². The molecular formula is C29H28ClNO4. The number of carboxylic acid groups (broad SMARTS) is 1. The van der Waals surface area contributed by atoms with Gasteiger partial charge in [-0.25, -0.2) is 4.79 Å². The highest BCUT2D eigenvalue weighted by atomic mass is 35.5. The summed E-state index contributed by atoms with van der Waals surface area (Å²) in [6.45, 7) is 7.36. The Morgan fingerprint density at radius 3 is 2.31 bits per heavy atom. The van der Waals surface area contributed by atoms with E-state index < -0.39 is 17.7 Å². The average Bonchev–Trinajstić information content (AvgIpc) is 2.81. The lowest BCUT2D eigenvalue weighted by atomic mass is 9.89. The lowest BCUT2D eigenvalue weighted by molar-refractivity contribution is -0.160. The van der Waals surface area contributed by atoms with Crippen LogP contribution in [0.15, 0.2) is 66.7 Å². The van der Waals surface area contributed by atoms with E-state index >= 15 is 0 Å². The molecule has 0 amide bonds. The molecule has 180 valence electrons. The zero-order chi connectivity index (χ0) is 25.3. The smallest absolute Gasteiger partial charge is 0.337 e. The van der Waals surface area contributed by atoms with Crippen LogP contribution >= 0.6 is 11.6 Å². The van der Waals surface area contributed by atoms with Gasteiger partial charge in [-0.3, -0.25) is 4.98 Å². The van der Waals surface area contributed by atoms with Gasteiger partial charge in [0, 0.05) is 27.2 Å². The molecule has 0 radical (unpaired) electrons. The Balaban J connectivity index is 2.09. The monoisotopic (exact) mass is 489 g/mol. The summed E-state index contributed by atoms with van der Waals surface area (Å²) in [5, 5.41) is 11.6. The summed E-state index contributed by atoms with van der Waals surface area (Å²) in [7, 11) is 1.64. The number of pyridine rings is 1. The highest BCUT2D eigenvalue weighted by Crippen LogP contribution is 2.42. The summed E-state index contributed by atoms with van der Waals surface area (Å²) in [6, 6.07) is 21.1. The van der Waals surface area contributed by atoms with Gasteiger partial charge in [0.05, 0.1) is 18.2 Å². The van der Waals surface area contributed by atoms with Crippen molar-refractivity contribution in [3.8, 4) is 28.0 Å². The van der Waals surface area contributed by atoms with Crippen LogP contribution in [0, 0.1) is 6.92 Å².